The average Bonchev–Trinajstić information content (AvgIpc) is 3.09. The molecular weight excluding hydrogens is 489 g/mol. The third-order valence-electron chi connectivity index (χ3n) is 6.17. The van der Waals surface area contributed by atoms with E-state index in [9.17, 15) is 15.2 Å². The minimum absolute atomic E-state index is 0.145. The predicted molar refractivity (Wildman–Crippen MR) is 135 cm³/mol. The van der Waals surface area contributed by atoms with Gasteiger partial charge in [0.15, 0.2) is 6.23 Å². The van der Waals surface area contributed by atoms with Crippen LogP contribution in [0.5, 0.6) is 0 Å². The fraction of sp³-hybridized carbons (Fsp3) is 0.462. The van der Waals surface area contributed by atoms with Crippen LogP contribution < -0.4 is 10.6 Å². The number of nitriles is 1. The first kappa shape index (κ1) is 27.3. The van der Waals surface area contributed by atoms with Gasteiger partial charge in [0.05, 0.1) is 24.7 Å². The van der Waals surface area contributed by atoms with E-state index in [2.05, 4.69) is 37.5 Å². The van der Waals surface area contributed by atoms with Crippen molar-refractivity contribution in [2.24, 2.45) is 5.41 Å². The second-order valence-electron chi connectivity index (χ2n) is 10.0. The summed E-state index contributed by atoms with van der Waals surface area (Å²) in [6.07, 6.45) is -2.14. The highest BCUT2D eigenvalue weighted by molar-refractivity contribution is 6.30. The van der Waals surface area contributed by atoms with Gasteiger partial charge in [-0.05, 0) is 47.2 Å². The zero-order chi connectivity index (χ0) is 25.8. The molecule has 5 atom stereocenters. The summed E-state index contributed by atoms with van der Waals surface area (Å²) in [6, 6.07) is 16.6. The fourth-order valence-electron chi connectivity index (χ4n) is 4.69. The van der Waals surface area contributed by atoms with Crippen molar-refractivity contribution in [1.82, 2.24) is 10.6 Å². The summed E-state index contributed by atoms with van der Waals surface area (Å²) in [7, 11) is 0. The molecule has 9 heteroatoms. The van der Waals surface area contributed by atoms with Gasteiger partial charge >= 0.3 is 6.09 Å². The monoisotopic (exact) mass is 519 g/mol. The van der Waals surface area contributed by atoms with E-state index in [1.165, 1.54) is 0 Å². The fourth-order valence-corrected chi connectivity index (χ4v) is 5.02. The number of aliphatic hydroxyl groups excluding tert-OH is 2. The Hall–Kier alpha value is -2.34. The first-order valence-corrected chi connectivity index (χ1v) is 12.2. The summed E-state index contributed by atoms with van der Waals surface area (Å²) >= 11 is 12.5. The Bertz CT molecular complexity index is 1070. The minimum atomic E-state index is -1.11. The Balaban J connectivity index is 2.12. The van der Waals surface area contributed by atoms with E-state index < -0.39 is 36.4 Å². The van der Waals surface area contributed by atoms with Crippen molar-refractivity contribution < 1.29 is 19.7 Å². The van der Waals surface area contributed by atoms with Crippen LogP contribution in [0.15, 0.2) is 48.5 Å². The summed E-state index contributed by atoms with van der Waals surface area (Å²) in [5.74, 6) is -0.603. The zero-order valence-electron chi connectivity index (χ0n) is 20.0. The van der Waals surface area contributed by atoms with Crippen LogP contribution in [0.3, 0.4) is 0 Å². The second-order valence-corrected chi connectivity index (χ2v) is 10.9. The summed E-state index contributed by atoms with van der Waals surface area (Å²) < 4.78 is 5.79. The van der Waals surface area contributed by atoms with Crippen molar-refractivity contribution in [2.75, 3.05) is 13.2 Å². The number of halogens is 2. The number of alkyl carbamates (subject to hydrolysis) is 1. The van der Waals surface area contributed by atoms with Gasteiger partial charge in [-0.25, -0.2) is 4.79 Å². The van der Waals surface area contributed by atoms with Gasteiger partial charge in [0.1, 0.15) is 5.41 Å². The van der Waals surface area contributed by atoms with Gasteiger partial charge in [0.2, 0.25) is 0 Å². The van der Waals surface area contributed by atoms with Crippen LogP contribution in [-0.2, 0) is 10.2 Å². The standard InChI is InChI=1S/C26H31Cl2N3O4/c1-25(2,3)12-21-26(15-29,17-7-9-18(27)10-8-17)22(16-5-4-6-19(28)11-16)23(31-21)35-24(34)30-13-20(33)14-32/h4-11,20-23,31-33H,12-14H2,1-3H3,(H,30,34)/t20-,21-,22-,23+,26-/m0/s1. The lowest BCUT2D eigenvalue weighted by atomic mass is 9.64. The first-order valence-electron chi connectivity index (χ1n) is 11.4. The van der Waals surface area contributed by atoms with Gasteiger partial charge in [-0.3, -0.25) is 5.32 Å². The third-order valence-corrected chi connectivity index (χ3v) is 6.65. The first-order chi connectivity index (χ1) is 16.5. The number of carbonyl (C=O) groups excluding carboxylic acids is 1. The molecule has 0 saturated carbocycles. The Morgan fingerprint density at radius 3 is 2.49 bits per heavy atom. The van der Waals surface area contributed by atoms with E-state index in [-0.39, 0.29) is 18.0 Å². The van der Waals surface area contributed by atoms with Crippen LogP contribution in [0.2, 0.25) is 10.0 Å². The normalized spacial score (nSPS) is 25.0. The number of nitrogens with one attached hydrogen (secondary N) is 2. The van der Waals surface area contributed by atoms with Crippen molar-refractivity contribution in [3.05, 3.63) is 69.7 Å². The van der Waals surface area contributed by atoms with E-state index in [4.69, 9.17) is 33.0 Å². The lowest BCUT2D eigenvalue weighted by Gasteiger charge is -2.37. The van der Waals surface area contributed by atoms with E-state index in [0.29, 0.717) is 16.5 Å². The van der Waals surface area contributed by atoms with Crippen LogP contribution in [0.25, 0.3) is 0 Å². The predicted octanol–water partition coefficient (Wildman–Crippen LogP) is 4.35. The molecule has 0 radical (unpaired) electrons. The number of ether oxygens (including phenoxy) is 1. The minimum Gasteiger partial charge on any atom is -0.430 e. The maximum Gasteiger partial charge on any atom is 0.408 e. The largest absolute Gasteiger partial charge is 0.430 e. The Kier molecular flexibility index (Phi) is 8.68. The number of rotatable bonds is 7. The van der Waals surface area contributed by atoms with Crippen molar-refractivity contribution >= 4 is 29.3 Å². The van der Waals surface area contributed by atoms with Gasteiger partial charge in [-0.2, -0.15) is 5.26 Å². The molecule has 0 aromatic heterocycles. The highest BCUT2D eigenvalue weighted by atomic mass is 35.5. The van der Waals surface area contributed by atoms with E-state index in [1.807, 2.05) is 18.2 Å². The van der Waals surface area contributed by atoms with Crippen LogP contribution in [0.1, 0.15) is 44.2 Å². The molecule has 35 heavy (non-hydrogen) atoms. The third kappa shape index (κ3) is 6.27. The lowest BCUT2D eigenvalue weighted by molar-refractivity contribution is 0.0624. The number of carbonyl (C=O) groups is 1. The number of nitrogens with zero attached hydrogens (tertiary/aromatic N) is 1. The molecular formula is C26H31Cl2N3O4. The molecule has 0 bridgehead atoms. The molecule has 1 aliphatic rings. The topological polar surface area (TPSA) is 115 Å². The highest BCUT2D eigenvalue weighted by Crippen LogP contribution is 2.51. The van der Waals surface area contributed by atoms with E-state index >= 15 is 0 Å². The number of amides is 1. The van der Waals surface area contributed by atoms with Crippen molar-refractivity contribution in [2.45, 2.75) is 56.9 Å². The van der Waals surface area contributed by atoms with Crippen molar-refractivity contribution in [1.29, 1.82) is 5.26 Å². The molecule has 3 rings (SSSR count). The van der Waals surface area contributed by atoms with Crippen LogP contribution in [0, 0.1) is 16.7 Å². The molecule has 1 aliphatic heterocycles. The molecule has 2 aromatic carbocycles. The Labute approximate surface area is 216 Å². The molecule has 2 aromatic rings. The van der Waals surface area contributed by atoms with E-state index in [1.54, 1.807) is 30.3 Å². The van der Waals surface area contributed by atoms with Gasteiger partial charge in [0.25, 0.3) is 0 Å². The smallest absolute Gasteiger partial charge is 0.408 e. The van der Waals surface area contributed by atoms with Crippen LogP contribution in [0.4, 0.5) is 4.79 Å². The maximum atomic E-state index is 12.6. The molecule has 0 unspecified atom stereocenters. The van der Waals surface area contributed by atoms with Crippen molar-refractivity contribution in [3.63, 3.8) is 0 Å². The van der Waals surface area contributed by atoms with Crippen molar-refractivity contribution in [3.8, 4) is 6.07 Å². The molecule has 0 spiro atoms. The lowest BCUT2D eigenvalue weighted by Crippen LogP contribution is -2.44. The summed E-state index contributed by atoms with van der Waals surface area (Å²) in [5, 5.41) is 36.3. The van der Waals surface area contributed by atoms with Gasteiger partial charge in [0, 0.05) is 22.6 Å². The van der Waals surface area contributed by atoms with E-state index in [0.717, 1.165) is 11.1 Å². The van der Waals surface area contributed by atoms with Gasteiger partial charge < -0.3 is 20.3 Å². The Morgan fingerprint density at radius 2 is 1.91 bits per heavy atom. The molecule has 188 valence electrons. The summed E-state index contributed by atoms with van der Waals surface area (Å²) in [4.78, 5) is 12.6. The quantitative estimate of drug-likeness (QED) is 0.432. The maximum absolute atomic E-state index is 12.6. The second kappa shape index (κ2) is 11.2. The average molecular weight is 520 g/mol. The molecule has 0 aliphatic carbocycles. The molecule has 1 saturated heterocycles. The van der Waals surface area contributed by atoms with Gasteiger partial charge in [-0.1, -0.05) is 68.2 Å². The summed E-state index contributed by atoms with van der Waals surface area (Å²) in [6.45, 7) is 5.60. The SMILES string of the molecule is CC(C)(C)C[C@@H]1N[C@H](OC(=O)NC[C@H](O)CO)[C@H](c2cccc(Cl)c2)[C@@]1(C#N)c1ccc(Cl)cc1. The zero-order valence-corrected chi connectivity index (χ0v) is 21.5. The summed E-state index contributed by atoms with van der Waals surface area (Å²) in [5.41, 5.74) is 0.232. The number of hydrogen-bond acceptors (Lipinski definition) is 6. The molecule has 1 amide bonds. The Morgan fingerprint density at radius 1 is 1.23 bits per heavy atom. The molecule has 4 N–H and O–H groups in total. The molecule has 7 nitrogen and oxygen atoms in total. The number of hydrogen-bond donors (Lipinski definition) is 4. The number of aliphatic hydroxyl groups is 2. The number of benzene rings is 2. The molecule has 1 fully saturated rings. The van der Waals surface area contributed by atoms with Crippen LogP contribution in [-0.4, -0.2) is 47.8 Å². The molecule has 1 heterocycles. The highest BCUT2D eigenvalue weighted by Gasteiger charge is 2.59. The van der Waals surface area contributed by atoms with Gasteiger partial charge in [-0.15, -0.1) is 0 Å². The van der Waals surface area contributed by atoms with Crippen LogP contribution >= 0.6 is 23.2 Å².